The molecule has 2 rings (SSSR count). The van der Waals surface area contributed by atoms with Crippen molar-refractivity contribution in [1.82, 2.24) is 4.98 Å². The maximum absolute atomic E-state index is 11.3. The number of anilines is 1. The van der Waals surface area contributed by atoms with Crippen molar-refractivity contribution in [2.45, 2.75) is 26.4 Å². The van der Waals surface area contributed by atoms with Gasteiger partial charge < -0.3 is 9.83 Å². The van der Waals surface area contributed by atoms with Crippen molar-refractivity contribution in [3.63, 3.8) is 0 Å². The summed E-state index contributed by atoms with van der Waals surface area (Å²) >= 11 is 0. The zero-order valence-electron chi connectivity index (χ0n) is 12.7. The molecule has 1 atom stereocenters. The molecule has 1 heterocycles. The highest BCUT2D eigenvalue weighted by Crippen LogP contribution is 2.34. The fourth-order valence-electron chi connectivity index (χ4n) is 2.26. The van der Waals surface area contributed by atoms with Crippen LogP contribution in [-0.2, 0) is 16.6 Å². The zero-order chi connectivity index (χ0) is 15.6. The average molecular weight is 304 g/mol. The van der Waals surface area contributed by atoms with Crippen molar-refractivity contribution in [3.8, 4) is 11.1 Å². The third kappa shape index (κ3) is 3.68. The monoisotopic (exact) mass is 304 g/mol. The molecule has 0 radical (unpaired) electrons. The lowest BCUT2D eigenvalue weighted by Crippen LogP contribution is -2.17. The number of benzene rings is 1. The van der Waals surface area contributed by atoms with E-state index in [1.807, 2.05) is 31.2 Å². The van der Waals surface area contributed by atoms with Gasteiger partial charge in [-0.2, -0.15) is 0 Å². The second-order valence-electron chi connectivity index (χ2n) is 5.57. The molecule has 0 saturated heterocycles. The molecule has 0 saturated carbocycles. The highest BCUT2D eigenvalue weighted by molar-refractivity contribution is 7.85. The average Bonchev–Trinajstić information content (AvgIpc) is 2.38. The Morgan fingerprint density at radius 1 is 1.24 bits per heavy atom. The topological polar surface area (TPSA) is 62.2 Å². The maximum Gasteiger partial charge on any atom is 0.113 e. The molecule has 1 aromatic carbocycles. The second kappa shape index (κ2) is 5.95. The van der Waals surface area contributed by atoms with Crippen LogP contribution in [0.4, 0.5) is 5.69 Å². The molecule has 0 amide bonds. The van der Waals surface area contributed by atoms with Crippen molar-refractivity contribution < 1.29 is 9.32 Å². The number of hydrogen-bond acceptors (Lipinski definition) is 3. The number of pyridine rings is 1. The molecular formula is C16H20N2O2S. The van der Waals surface area contributed by atoms with Gasteiger partial charge in [0.1, 0.15) is 11.0 Å². The summed E-state index contributed by atoms with van der Waals surface area (Å²) in [6.45, 7) is 5.49. The van der Waals surface area contributed by atoms with E-state index in [4.69, 9.17) is 0 Å². The van der Waals surface area contributed by atoms with Crippen molar-refractivity contribution >= 4 is 16.7 Å². The summed E-state index contributed by atoms with van der Waals surface area (Å²) in [6, 6.07) is 7.56. The van der Waals surface area contributed by atoms with Gasteiger partial charge in [0, 0.05) is 29.9 Å². The minimum atomic E-state index is -1.15. The molecular weight excluding hydrogens is 284 g/mol. The Balaban J connectivity index is 2.61. The highest BCUT2D eigenvalue weighted by atomic mass is 32.2. The van der Waals surface area contributed by atoms with E-state index in [0.717, 1.165) is 27.9 Å². The lowest BCUT2D eigenvalue weighted by atomic mass is 9.88. The van der Waals surface area contributed by atoms with E-state index < -0.39 is 16.6 Å². The lowest BCUT2D eigenvalue weighted by Gasteiger charge is -2.23. The fourth-order valence-corrected chi connectivity index (χ4v) is 2.72. The smallest absolute Gasteiger partial charge is 0.113 e. The number of hydrogen-bond donors (Lipinski definition) is 2. The number of rotatable bonds is 4. The summed E-state index contributed by atoms with van der Waals surface area (Å²) in [6.07, 6.45) is 5.12. The first kappa shape index (κ1) is 15.7. The van der Waals surface area contributed by atoms with Crippen LogP contribution >= 0.6 is 0 Å². The fraction of sp³-hybridized carbons (Fsp3) is 0.312. The van der Waals surface area contributed by atoms with E-state index in [9.17, 15) is 9.32 Å². The van der Waals surface area contributed by atoms with E-state index in [1.165, 1.54) is 0 Å². The number of nitrogens with one attached hydrogen (secondary N) is 1. The molecule has 4 nitrogen and oxygen atoms in total. The molecule has 1 aromatic heterocycles. The van der Waals surface area contributed by atoms with Gasteiger partial charge in [-0.05, 0) is 55.7 Å². The van der Waals surface area contributed by atoms with Gasteiger partial charge in [-0.3, -0.25) is 4.98 Å². The van der Waals surface area contributed by atoms with Crippen LogP contribution in [0.1, 0.15) is 25.0 Å². The second-order valence-corrected chi connectivity index (χ2v) is 6.68. The Bertz CT molecular complexity index is 678. The van der Waals surface area contributed by atoms with Crippen molar-refractivity contribution in [1.29, 1.82) is 0 Å². The molecule has 112 valence electrons. The molecule has 0 fully saturated rings. The minimum Gasteiger partial charge on any atom is -0.386 e. The Morgan fingerprint density at radius 3 is 2.52 bits per heavy atom. The SMILES string of the molecule is Cc1ccncc1-c1ccc(NS(C)=O)cc1C(C)(C)O. The van der Waals surface area contributed by atoms with Crippen LogP contribution in [0.25, 0.3) is 11.1 Å². The number of aryl methyl sites for hydroxylation is 1. The Hall–Kier alpha value is -1.72. The van der Waals surface area contributed by atoms with Crippen LogP contribution in [0.5, 0.6) is 0 Å². The quantitative estimate of drug-likeness (QED) is 0.913. The molecule has 2 aromatic rings. The van der Waals surface area contributed by atoms with E-state index >= 15 is 0 Å². The van der Waals surface area contributed by atoms with Gasteiger partial charge in [0.05, 0.1) is 5.60 Å². The summed E-state index contributed by atoms with van der Waals surface area (Å²) < 4.78 is 14.2. The zero-order valence-corrected chi connectivity index (χ0v) is 13.5. The van der Waals surface area contributed by atoms with Crippen LogP contribution in [0.2, 0.25) is 0 Å². The first-order valence-electron chi connectivity index (χ1n) is 6.67. The highest BCUT2D eigenvalue weighted by Gasteiger charge is 2.22. The minimum absolute atomic E-state index is 0.721. The normalized spacial score (nSPS) is 13.0. The maximum atomic E-state index is 11.3. The van der Waals surface area contributed by atoms with Crippen molar-refractivity contribution in [3.05, 3.63) is 47.8 Å². The van der Waals surface area contributed by atoms with E-state index in [2.05, 4.69) is 9.71 Å². The van der Waals surface area contributed by atoms with Gasteiger partial charge in [-0.15, -0.1) is 0 Å². The summed E-state index contributed by atoms with van der Waals surface area (Å²) in [4.78, 5) is 4.17. The third-order valence-corrected chi connectivity index (χ3v) is 3.79. The van der Waals surface area contributed by atoms with Crippen LogP contribution in [-0.4, -0.2) is 20.6 Å². The van der Waals surface area contributed by atoms with Crippen LogP contribution in [0.15, 0.2) is 36.7 Å². The first-order chi connectivity index (χ1) is 9.79. The molecule has 21 heavy (non-hydrogen) atoms. The standard InChI is InChI=1S/C16H20N2O2S/c1-11-7-8-17-10-14(11)13-6-5-12(18-21(4)20)9-15(13)16(2,3)19/h5-10,18-19H,1-4H3. The van der Waals surface area contributed by atoms with Gasteiger partial charge in [-0.1, -0.05) is 6.07 Å². The van der Waals surface area contributed by atoms with Crippen LogP contribution < -0.4 is 4.72 Å². The van der Waals surface area contributed by atoms with Gasteiger partial charge in [-0.25, -0.2) is 4.21 Å². The molecule has 0 aliphatic heterocycles. The summed E-state index contributed by atoms with van der Waals surface area (Å²) in [5.41, 5.74) is 3.49. The predicted molar refractivity (Wildman–Crippen MR) is 87.3 cm³/mol. The largest absolute Gasteiger partial charge is 0.386 e. The Labute approximate surface area is 127 Å². The molecule has 0 aliphatic carbocycles. The molecule has 0 bridgehead atoms. The summed E-state index contributed by atoms with van der Waals surface area (Å²) in [7, 11) is -1.15. The Kier molecular flexibility index (Phi) is 4.44. The molecule has 1 unspecified atom stereocenters. The van der Waals surface area contributed by atoms with E-state index in [0.29, 0.717) is 0 Å². The van der Waals surface area contributed by atoms with E-state index in [1.54, 1.807) is 32.5 Å². The molecule has 0 aliphatic rings. The van der Waals surface area contributed by atoms with E-state index in [-0.39, 0.29) is 0 Å². The van der Waals surface area contributed by atoms with Gasteiger partial charge >= 0.3 is 0 Å². The molecule has 2 N–H and O–H groups in total. The predicted octanol–water partition coefficient (Wildman–Crippen LogP) is 2.99. The van der Waals surface area contributed by atoms with Crippen molar-refractivity contribution in [2.75, 3.05) is 11.0 Å². The van der Waals surface area contributed by atoms with Crippen LogP contribution in [0.3, 0.4) is 0 Å². The summed E-state index contributed by atoms with van der Waals surface area (Å²) in [5.74, 6) is 0. The van der Waals surface area contributed by atoms with Crippen molar-refractivity contribution in [2.24, 2.45) is 0 Å². The number of aromatic nitrogens is 1. The van der Waals surface area contributed by atoms with Gasteiger partial charge in [0.25, 0.3) is 0 Å². The number of nitrogens with zero attached hydrogens (tertiary/aromatic N) is 1. The third-order valence-electron chi connectivity index (χ3n) is 3.27. The molecule has 5 heteroatoms. The van der Waals surface area contributed by atoms with Crippen LogP contribution in [0, 0.1) is 6.92 Å². The number of aliphatic hydroxyl groups is 1. The first-order valence-corrected chi connectivity index (χ1v) is 8.23. The summed E-state index contributed by atoms with van der Waals surface area (Å²) in [5, 5.41) is 10.5. The lowest BCUT2D eigenvalue weighted by molar-refractivity contribution is 0.0792. The van der Waals surface area contributed by atoms with Gasteiger partial charge in [0.2, 0.25) is 0 Å². The Morgan fingerprint density at radius 2 is 1.95 bits per heavy atom. The van der Waals surface area contributed by atoms with Gasteiger partial charge in [0.15, 0.2) is 0 Å². The molecule has 0 spiro atoms.